The van der Waals surface area contributed by atoms with Crippen LogP contribution in [-0.4, -0.2) is 29.1 Å². The van der Waals surface area contributed by atoms with E-state index in [0.29, 0.717) is 17.1 Å². The first-order valence-corrected chi connectivity index (χ1v) is 6.59. The van der Waals surface area contributed by atoms with Crippen molar-refractivity contribution in [1.29, 1.82) is 0 Å². The van der Waals surface area contributed by atoms with Crippen LogP contribution in [0.5, 0.6) is 0 Å². The quantitative estimate of drug-likeness (QED) is 0.907. The predicted molar refractivity (Wildman–Crippen MR) is 77.0 cm³/mol. The highest BCUT2D eigenvalue weighted by atomic mass is 16.5. The van der Waals surface area contributed by atoms with Gasteiger partial charge in [0, 0.05) is 25.4 Å². The summed E-state index contributed by atoms with van der Waals surface area (Å²) in [6.45, 7) is 7.67. The van der Waals surface area contributed by atoms with E-state index in [2.05, 4.69) is 34.2 Å². The lowest BCUT2D eigenvalue weighted by Crippen LogP contribution is -2.23. The number of aromatic nitrogens is 2. The van der Waals surface area contributed by atoms with Crippen molar-refractivity contribution < 1.29 is 9.32 Å². The van der Waals surface area contributed by atoms with Gasteiger partial charge in [0.1, 0.15) is 11.6 Å². The SMILES string of the molecule is CCN(CC)c1ccc(C(=O)Nc2cc(C)on2)cn1. The number of nitrogens with one attached hydrogen (secondary N) is 1. The fraction of sp³-hybridized carbons (Fsp3) is 0.357. The van der Waals surface area contributed by atoms with Crippen LogP contribution in [0.25, 0.3) is 0 Å². The Kier molecular flexibility index (Phi) is 4.34. The maximum absolute atomic E-state index is 12.0. The van der Waals surface area contributed by atoms with E-state index in [0.717, 1.165) is 18.9 Å². The van der Waals surface area contributed by atoms with Crippen LogP contribution in [0.15, 0.2) is 28.9 Å². The van der Waals surface area contributed by atoms with Gasteiger partial charge >= 0.3 is 0 Å². The molecule has 1 N–H and O–H groups in total. The first-order chi connectivity index (χ1) is 9.63. The minimum absolute atomic E-state index is 0.253. The van der Waals surface area contributed by atoms with Crippen molar-refractivity contribution >= 4 is 17.5 Å². The third-order valence-corrected chi connectivity index (χ3v) is 2.97. The summed E-state index contributed by atoms with van der Waals surface area (Å²) in [6.07, 6.45) is 1.57. The molecule has 0 atom stereocenters. The van der Waals surface area contributed by atoms with E-state index >= 15 is 0 Å². The molecule has 0 fully saturated rings. The number of hydrogen-bond acceptors (Lipinski definition) is 5. The standard InChI is InChI=1S/C14H18N4O2/c1-4-18(5-2)13-7-6-11(9-15-13)14(19)16-12-8-10(3)20-17-12/h6-9H,4-5H2,1-3H3,(H,16,17,19). The number of nitrogens with zero attached hydrogens (tertiary/aromatic N) is 3. The number of carbonyl (C=O) groups is 1. The zero-order valence-corrected chi connectivity index (χ0v) is 11.9. The highest BCUT2D eigenvalue weighted by Crippen LogP contribution is 2.13. The topological polar surface area (TPSA) is 71.3 Å². The molecule has 0 saturated carbocycles. The minimum atomic E-state index is -0.253. The molecule has 0 bridgehead atoms. The molecule has 2 aromatic rings. The second kappa shape index (κ2) is 6.18. The number of pyridine rings is 1. The summed E-state index contributed by atoms with van der Waals surface area (Å²) in [7, 11) is 0. The lowest BCUT2D eigenvalue weighted by molar-refractivity contribution is 0.102. The molecule has 0 spiro atoms. The molecule has 0 radical (unpaired) electrons. The van der Waals surface area contributed by atoms with Gasteiger partial charge in [0.05, 0.1) is 5.56 Å². The zero-order valence-electron chi connectivity index (χ0n) is 11.9. The Morgan fingerprint density at radius 1 is 1.35 bits per heavy atom. The van der Waals surface area contributed by atoms with Crippen LogP contribution in [0.1, 0.15) is 30.0 Å². The maximum Gasteiger partial charge on any atom is 0.258 e. The number of amides is 1. The van der Waals surface area contributed by atoms with Crippen LogP contribution in [0, 0.1) is 6.92 Å². The first-order valence-electron chi connectivity index (χ1n) is 6.59. The Morgan fingerprint density at radius 3 is 2.60 bits per heavy atom. The molecule has 0 aliphatic rings. The van der Waals surface area contributed by atoms with Gasteiger partial charge in [-0.25, -0.2) is 4.98 Å². The molecule has 2 rings (SSSR count). The average molecular weight is 274 g/mol. The van der Waals surface area contributed by atoms with Crippen LogP contribution >= 0.6 is 0 Å². The smallest absolute Gasteiger partial charge is 0.258 e. The molecular formula is C14H18N4O2. The number of hydrogen-bond donors (Lipinski definition) is 1. The van der Waals surface area contributed by atoms with Gasteiger partial charge in [-0.05, 0) is 32.9 Å². The summed E-state index contributed by atoms with van der Waals surface area (Å²) >= 11 is 0. The Morgan fingerprint density at radius 2 is 2.10 bits per heavy atom. The summed E-state index contributed by atoms with van der Waals surface area (Å²) in [4.78, 5) is 18.4. The molecule has 6 nitrogen and oxygen atoms in total. The number of carbonyl (C=O) groups excluding carboxylic acids is 1. The zero-order chi connectivity index (χ0) is 14.5. The van der Waals surface area contributed by atoms with E-state index < -0.39 is 0 Å². The van der Waals surface area contributed by atoms with Crippen molar-refractivity contribution in [3.05, 3.63) is 35.7 Å². The predicted octanol–water partition coefficient (Wildman–Crippen LogP) is 2.48. The maximum atomic E-state index is 12.0. The summed E-state index contributed by atoms with van der Waals surface area (Å²) in [5.74, 6) is 1.66. The van der Waals surface area contributed by atoms with Gasteiger partial charge in [0.25, 0.3) is 5.91 Å². The van der Waals surface area contributed by atoms with E-state index in [4.69, 9.17) is 4.52 Å². The Labute approximate surface area is 117 Å². The van der Waals surface area contributed by atoms with Crippen molar-refractivity contribution in [2.45, 2.75) is 20.8 Å². The molecule has 0 aromatic carbocycles. The summed E-state index contributed by atoms with van der Waals surface area (Å²) in [5.41, 5.74) is 0.488. The normalized spacial score (nSPS) is 10.3. The van der Waals surface area contributed by atoms with Gasteiger partial charge in [-0.1, -0.05) is 5.16 Å². The Balaban J connectivity index is 2.07. The molecule has 0 saturated heterocycles. The van der Waals surface area contributed by atoms with Crippen LogP contribution in [-0.2, 0) is 0 Å². The molecule has 1 amide bonds. The van der Waals surface area contributed by atoms with Gasteiger partial charge in [0.2, 0.25) is 0 Å². The largest absolute Gasteiger partial charge is 0.360 e. The third-order valence-electron chi connectivity index (χ3n) is 2.97. The minimum Gasteiger partial charge on any atom is -0.360 e. The van der Waals surface area contributed by atoms with Crippen molar-refractivity contribution in [2.24, 2.45) is 0 Å². The van der Waals surface area contributed by atoms with Gasteiger partial charge < -0.3 is 14.7 Å². The van der Waals surface area contributed by atoms with E-state index in [-0.39, 0.29) is 5.91 Å². The lowest BCUT2D eigenvalue weighted by Gasteiger charge is -2.19. The Hall–Kier alpha value is -2.37. The first kappa shape index (κ1) is 14.0. The third kappa shape index (κ3) is 3.14. The Bertz CT molecular complexity index is 573. The van der Waals surface area contributed by atoms with Gasteiger partial charge in [-0.15, -0.1) is 0 Å². The molecule has 2 aromatic heterocycles. The monoisotopic (exact) mass is 274 g/mol. The van der Waals surface area contributed by atoms with Gasteiger partial charge in [-0.2, -0.15) is 0 Å². The summed E-state index contributed by atoms with van der Waals surface area (Å²) in [5, 5.41) is 6.38. The second-order valence-corrected chi connectivity index (χ2v) is 4.35. The van der Waals surface area contributed by atoms with E-state index in [1.54, 1.807) is 25.3 Å². The molecule has 0 aliphatic carbocycles. The van der Waals surface area contributed by atoms with Gasteiger partial charge in [0.15, 0.2) is 5.82 Å². The van der Waals surface area contributed by atoms with Crippen LogP contribution in [0.3, 0.4) is 0 Å². The number of anilines is 2. The van der Waals surface area contributed by atoms with Crippen molar-refractivity contribution in [2.75, 3.05) is 23.3 Å². The summed E-state index contributed by atoms with van der Waals surface area (Å²) in [6, 6.07) is 5.26. The van der Waals surface area contributed by atoms with Crippen LogP contribution in [0.2, 0.25) is 0 Å². The van der Waals surface area contributed by atoms with Gasteiger partial charge in [-0.3, -0.25) is 4.79 Å². The molecule has 0 unspecified atom stereocenters. The van der Waals surface area contributed by atoms with Crippen LogP contribution in [0.4, 0.5) is 11.6 Å². The lowest BCUT2D eigenvalue weighted by atomic mass is 10.2. The average Bonchev–Trinajstić information content (AvgIpc) is 2.86. The molecular weight excluding hydrogens is 256 g/mol. The van der Waals surface area contributed by atoms with E-state index in [9.17, 15) is 4.79 Å². The highest BCUT2D eigenvalue weighted by Gasteiger charge is 2.10. The van der Waals surface area contributed by atoms with E-state index in [1.165, 1.54) is 0 Å². The molecule has 106 valence electrons. The molecule has 6 heteroatoms. The fourth-order valence-corrected chi connectivity index (χ4v) is 1.87. The number of aryl methyl sites for hydroxylation is 1. The van der Waals surface area contributed by atoms with Crippen LogP contribution < -0.4 is 10.2 Å². The fourth-order valence-electron chi connectivity index (χ4n) is 1.87. The summed E-state index contributed by atoms with van der Waals surface area (Å²) < 4.78 is 4.89. The molecule has 2 heterocycles. The molecule has 20 heavy (non-hydrogen) atoms. The van der Waals surface area contributed by atoms with Crippen molar-refractivity contribution in [3.63, 3.8) is 0 Å². The second-order valence-electron chi connectivity index (χ2n) is 4.35. The number of rotatable bonds is 5. The van der Waals surface area contributed by atoms with Crippen molar-refractivity contribution in [3.8, 4) is 0 Å². The molecule has 0 aliphatic heterocycles. The van der Waals surface area contributed by atoms with E-state index in [1.807, 2.05) is 6.07 Å². The van der Waals surface area contributed by atoms with Crippen molar-refractivity contribution in [1.82, 2.24) is 10.1 Å². The highest BCUT2D eigenvalue weighted by molar-refractivity contribution is 6.03.